The van der Waals surface area contributed by atoms with E-state index in [2.05, 4.69) is 10.2 Å². The summed E-state index contributed by atoms with van der Waals surface area (Å²) < 4.78 is 41.5. The first kappa shape index (κ1) is 56.1. The van der Waals surface area contributed by atoms with Crippen molar-refractivity contribution >= 4 is 40.4 Å². The van der Waals surface area contributed by atoms with Gasteiger partial charge in [-0.05, 0) is 76.1 Å². The van der Waals surface area contributed by atoms with Crippen molar-refractivity contribution in [2.75, 3.05) is 51.3 Å². The van der Waals surface area contributed by atoms with Crippen LogP contribution in [0.1, 0.15) is 127 Å². The minimum atomic E-state index is -2.13. The molecule has 1 aromatic carbocycles. The molecule has 1 unspecified atom stereocenters. The number of ether oxygens (including phenoxy) is 4. The van der Waals surface area contributed by atoms with Crippen LogP contribution in [0.3, 0.4) is 0 Å². The Labute approximate surface area is 453 Å². The molecule has 3 fully saturated rings. The molecule has 4 N–H and O–H groups in total. The van der Waals surface area contributed by atoms with E-state index in [0.717, 1.165) is 29.5 Å². The summed E-state index contributed by atoms with van der Waals surface area (Å²) in [7, 11) is 1.43. The highest BCUT2D eigenvalue weighted by Crippen LogP contribution is 2.49. The number of aromatic hydroxyl groups is 1. The lowest BCUT2D eigenvalue weighted by Crippen LogP contribution is -2.53. The summed E-state index contributed by atoms with van der Waals surface area (Å²) in [5, 5.41) is 37.7. The zero-order valence-corrected chi connectivity index (χ0v) is 46.3. The van der Waals surface area contributed by atoms with Gasteiger partial charge in [0.1, 0.15) is 29.0 Å². The van der Waals surface area contributed by atoms with Crippen LogP contribution in [0.2, 0.25) is 0 Å². The highest BCUT2D eigenvalue weighted by atomic mass is 19.1. The standard InChI is InChI=1S/C59H72FN5O13/c1-28-13-12-14-29(2)57(73)61-45-48(63-22-20-62(21-23-63)38-17-19-64(26-38)47-32(5)46-39(37-15-16-37)25-30(3)58(74)65(46)27-40(47)60)53(71)42-43(52(45)70)51(69)35(8)55-44(42)56(72)59(10,78-55)76-24-18-41(75-11)31(4)54(77-36(9)66)34(7)50(68)33(6)49(28)67/h12-14,18,24-25,27-28,31,33-34,37-38,41,49-50,54,67-69H,15-17,19-23,26H2,1-11H3,(H,61,73)/b13-12+,24-18+,29-14-/t28-,31+,33+,34+,38?,41-,49-,50+,54+,59-/m0/s1. The summed E-state index contributed by atoms with van der Waals surface area (Å²) in [5.41, 5.74) is 1.72. The van der Waals surface area contributed by atoms with E-state index in [1.165, 1.54) is 63.8 Å². The van der Waals surface area contributed by atoms with Crippen LogP contribution in [0, 0.1) is 50.3 Å². The van der Waals surface area contributed by atoms with Crippen molar-refractivity contribution in [2.24, 2.45) is 23.7 Å². The smallest absolute Gasteiger partial charge is 0.312 e. The lowest BCUT2D eigenvalue weighted by molar-refractivity contribution is -0.160. The number of hydrogen-bond acceptors (Lipinski definition) is 16. The number of carbonyl (C=O) groups is 5. The number of aryl methyl sites for hydroxylation is 2. The first-order valence-electron chi connectivity index (χ1n) is 27.0. The van der Waals surface area contributed by atoms with Crippen LogP contribution < -0.4 is 20.5 Å². The molecule has 5 bridgehead atoms. The van der Waals surface area contributed by atoms with E-state index >= 15 is 14.0 Å². The Balaban J connectivity index is 1.05. The molecule has 2 saturated heterocycles. The molecule has 1 amide bonds. The number of methoxy groups -OCH3 is 1. The molecule has 10 atom stereocenters. The number of anilines is 1. The van der Waals surface area contributed by atoms with Crippen LogP contribution in [0.5, 0.6) is 11.5 Å². The maximum absolute atomic E-state index is 16.2. The summed E-state index contributed by atoms with van der Waals surface area (Å²) >= 11 is 0. The molecule has 10 rings (SSSR count). The quantitative estimate of drug-likeness (QED) is 0.205. The number of amides is 1. The number of allylic oxidation sites excluding steroid dienone is 4. The molecule has 1 saturated carbocycles. The van der Waals surface area contributed by atoms with Gasteiger partial charge in [-0.1, -0.05) is 45.9 Å². The molecule has 2 aliphatic carbocycles. The average molecular weight is 1080 g/mol. The van der Waals surface area contributed by atoms with Crippen LogP contribution in [-0.2, 0) is 23.8 Å². The number of aliphatic hydroxyl groups excluding tert-OH is 2. The molecule has 7 aliphatic rings. The Morgan fingerprint density at radius 2 is 1.54 bits per heavy atom. The summed E-state index contributed by atoms with van der Waals surface area (Å²) in [5.74, 6) is -9.60. The Morgan fingerprint density at radius 1 is 0.846 bits per heavy atom. The number of halogens is 1. The van der Waals surface area contributed by atoms with Gasteiger partial charge in [-0.3, -0.25) is 38.1 Å². The largest absolute Gasteiger partial charge is 0.507 e. The predicted octanol–water partition coefficient (Wildman–Crippen LogP) is 6.10. The fourth-order valence-corrected chi connectivity index (χ4v) is 12.4. The zero-order valence-electron chi connectivity index (χ0n) is 46.3. The van der Waals surface area contributed by atoms with Crippen molar-refractivity contribution in [3.8, 4) is 11.5 Å². The number of nitrogens with one attached hydrogen (secondary N) is 1. The topological polar surface area (TPSA) is 226 Å². The molecular weight excluding hydrogens is 1010 g/mol. The van der Waals surface area contributed by atoms with Crippen molar-refractivity contribution in [2.45, 2.75) is 131 Å². The van der Waals surface area contributed by atoms with E-state index in [4.69, 9.17) is 18.9 Å². The van der Waals surface area contributed by atoms with Gasteiger partial charge in [-0.15, -0.1) is 0 Å². The number of piperazine rings is 1. The molecule has 2 aromatic heterocycles. The second-order valence-corrected chi connectivity index (χ2v) is 22.5. The molecule has 418 valence electrons. The van der Waals surface area contributed by atoms with Gasteiger partial charge >= 0.3 is 11.8 Å². The van der Waals surface area contributed by atoms with Crippen LogP contribution in [-0.4, -0.2) is 141 Å². The molecular formula is C59H72FN5O13. The SMILES string of the molecule is CO[C@H]1/C=C/O[C@@]2(C)Oc3c(C)c(O)c4c(c3C2=O)C(=O)C(N2CCN(C3CCN(c5c(F)cn6c(=O)c(C)cc(C7CC7)c6c5C)C3)CC2)=C(NC(=O)/C(C)=C\C=C\[C@H](C)[C@H](O)[C@@H](C)[C@@H](O)[C@@H](C)[C@H](OC(C)=O)[C@@H]1C)C4=O. The van der Waals surface area contributed by atoms with E-state index in [1.807, 2.05) is 17.9 Å². The van der Waals surface area contributed by atoms with Crippen LogP contribution in [0.15, 0.2) is 64.6 Å². The molecule has 19 heteroatoms. The van der Waals surface area contributed by atoms with Gasteiger partial charge in [0.2, 0.25) is 11.6 Å². The molecule has 0 spiro atoms. The number of ketones is 3. The van der Waals surface area contributed by atoms with Crippen molar-refractivity contribution in [1.82, 2.24) is 19.5 Å². The first-order valence-corrected chi connectivity index (χ1v) is 27.0. The van der Waals surface area contributed by atoms with Gasteiger partial charge in [0.25, 0.3) is 17.2 Å². The third-order valence-corrected chi connectivity index (χ3v) is 17.2. The van der Waals surface area contributed by atoms with Gasteiger partial charge in [0, 0.05) is 107 Å². The first-order chi connectivity index (χ1) is 36.9. The number of fused-ring (bicyclic) bond motifs is 15. The third kappa shape index (κ3) is 9.84. The molecule has 18 nitrogen and oxygen atoms in total. The second kappa shape index (κ2) is 21.5. The van der Waals surface area contributed by atoms with E-state index in [0.29, 0.717) is 49.8 Å². The number of hydrogen-bond donors (Lipinski definition) is 4. The number of phenols is 1. The van der Waals surface area contributed by atoms with Gasteiger partial charge < -0.3 is 49.4 Å². The van der Waals surface area contributed by atoms with E-state index in [9.17, 15) is 34.5 Å². The molecule has 7 heterocycles. The van der Waals surface area contributed by atoms with E-state index < -0.39 is 106 Å². The van der Waals surface area contributed by atoms with Crippen molar-refractivity contribution < 1.29 is 62.6 Å². The number of aliphatic hydroxyl groups is 2. The molecule has 0 radical (unpaired) electrons. The lowest BCUT2D eigenvalue weighted by Gasteiger charge is -2.41. The minimum absolute atomic E-state index is 0.0189. The molecule has 78 heavy (non-hydrogen) atoms. The fraction of sp³-hybridized carbons (Fsp3) is 0.525. The average Bonchev–Trinajstić information content (AvgIpc) is 4.17. The summed E-state index contributed by atoms with van der Waals surface area (Å²) in [6, 6.07) is 1.93. The van der Waals surface area contributed by atoms with Crippen molar-refractivity contribution in [3.05, 3.63) is 115 Å². The van der Waals surface area contributed by atoms with Crippen LogP contribution >= 0.6 is 0 Å². The maximum atomic E-state index is 16.2. The second-order valence-electron chi connectivity index (χ2n) is 22.5. The van der Waals surface area contributed by atoms with Crippen LogP contribution in [0.25, 0.3) is 5.52 Å². The Kier molecular flexibility index (Phi) is 15.5. The van der Waals surface area contributed by atoms with E-state index in [1.54, 1.807) is 51.7 Å². The van der Waals surface area contributed by atoms with E-state index in [-0.39, 0.29) is 58.5 Å². The van der Waals surface area contributed by atoms with Gasteiger partial charge in [-0.25, -0.2) is 4.39 Å². The number of nitrogens with zero attached hydrogens (tertiary/aromatic N) is 4. The highest BCUT2D eigenvalue weighted by Gasteiger charge is 2.53. The number of phenolic OH excluding ortho intramolecular Hbond substituents is 1. The molecule has 5 aliphatic heterocycles. The monoisotopic (exact) mass is 1080 g/mol. The van der Waals surface area contributed by atoms with Gasteiger partial charge in [-0.2, -0.15) is 0 Å². The minimum Gasteiger partial charge on any atom is -0.507 e. The Bertz CT molecular complexity index is 3190. The summed E-state index contributed by atoms with van der Waals surface area (Å²) in [4.78, 5) is 91.2. The number of carbonyl (C=O) groups excluding carboxylic acids is 5. The third-order valence-electron chi connectivity index (χ3n) is 17.2. The van der Waals surface area contributed by atoms with Crippen molar-refractivity contribution in [3.63, 3.8) is 0 Å². The number of rotatable bonds is 6. The Morgan fingerprint density at radius 3 is 2.19 bits per heavy atom. The van der Waals surface area contributed by atoms with Gasteiger partial charge in [0.05, 0.1) is 58.7 Å². The molecule has 3 aromatic rings. The normalized spacial score (nSPS) is 31.0. The van der Waals surface area contributed by atoms with Crippen LogP contribution in [0.4, 0.5) is 10.1 Å². The zero-order chi connectivity index (χ0) is 56.6. The highest BCUT2D eigenvalue weighted by molar-refractivity contribution is 6.32. The number of Topliss-reactive ketones (excluding diaryl/α,β-unsaturated/α-hetero) is 3. The summed E-state index contributed by atoms with van der Waals surface area (Å²) in [6.45, 7) is 18.3. The Hall–Kier alpha value is -6.67. The maximum Gasteiger partial charge on any atom is 0.312 e. The lowest BCUT2D eigenvalue weighted by atomic mass is 9.78. The number of benzene rings is 1. The van der Waals surface area contributed by atoms with Gasteiger partial charge in [0.15, 0.2) is 5.82 Å². The predicted molar refractivity (Wildman–Crippen MR) is 287 cm³/mol. The number of aromatic nitrogens is 1. The number of pyridine rings is 2. The fourth-order valence-electron chi connectivity index (χ4n) is 12.4. The summed E-state index contributed by atoms with van der Waals surface area (Å²) in [6.07, 6.45) is 7.37. The number of esters is 1. The van der Waals surface area contributed by atoms with Crippen molar-refractivity contribution in [1.29, 1.82) is 0 Å².